The van der Waals surface area contributed by atoms with Crippen molar-refractivity contribution < 1.29 is 0 Å². The molecule has 2 rings (SSSR count). The van der Waals surface area contributed by atoms with Gasteiger partial charge in [-0.25, -0.2) is 0 Å². The Labute approximate surface area is 98.5 Å². The maximum absolute atomic E-state index is 6.24. The van der Waals surface area contributed by atoms with E-state index in [0.717, 1.165) is 6.42 Å². The maximum atomic E-state index is 6.24. The fourth-order valence-corrected chi connectivity index (χ4v) is 2.03. The van der Waals surface area contributed by atoms with Gasteiger partial charge in [-0.3, -0.25) is 0 Å². The number of halogens is 1. The van der Waals surface area contributed by atoms with E-state index < -0.39 is 0 Å². The largest absolute Gasteiger partial charge is 0.321 e. The average molecular weight is 226 g/mol. The second-order valence-corrected chi connectivity index (χ2v) is 4.92. The topological polar surface area (TPSA) is 26.0 Å². The summed E-state index contributed by atoms with van der Waals surface area (Å²) in [6, 6.07) is 8.80. The molecule has 0 spiro atoms. The molecule has 2 atom stereocenters. The molecule has 1 aliphatic rings. The van der Waals surface area contributed by atoms with Crippen molar-refractivity contribution in [3.8, 4) is 0 Å². The molecule has 1 aromatic carbocycles. The Morgan fingerprint density at radius 2 is 1.73 bits per heavy atom. The van der Waals surface area contributed by atoms with Gasteiger partial charge in [0.05, 0.1) is 0 Å². The van der Waals surface area contributed by atoms with Crippen molar-refractivity contribution in [2.24, 2.45) is 11.7 Å². The van der Waals surface area contributed by atoms with E-state index in [1.807, 2.05) is 0 Å². The first-order chi connectivity index (χ1) is 6.54. The normalized spacial score (nSPS) is 28.7. The van der Waals surface area contributed by atoms with Crippen LogP contribution in [0.1, 0.15) is 44.2 Å². The van der Waals surface area contributed by atoms with Gasteiger partial charge in [0, 0.05) is 5.54 Å². The third-order valence-corrected chi connectivity index (χ3v) is 3.48. The third-order valence-electron chi connectivity index (χ3n) is 3.48. The van der Waals surface area contributed by atoms with Crippen molar-refractivity contribution >= 4 is 12.4 Å². The highest BCUT2D eigenvalue weighted by atomic mass is 35.5. The smallest absolute Gasteiger partial charge is 0.0439 e. The standard InChI is InChI=1S/C13H19N.ClH/c1-9(2)11-4-6-12(7-5-11)13(14)8-10(13)3;/h4-7,9-10H,8,14H2,1-3H3;1H/t10-,13-;/m1./s1. The molecule has 1 nitrogen and oxygen atoms in total. The van der Waals surface area contributed by atoms with E-state index in [1.54, 1.807) is 0 Å². The highest BCUT2D eigenvalue weighted by molar-refractivity contribution is 5.85. The molecule has 0 radical (unpaired) electrons. The van der Waals surface area contributed by atoms with Crippen molar-refractivity contribution in [3.63, 3.8) is 0 Å². The molecule has 0 saturated heterocycles. The summed E-state index contributed by atoms with van der Waals surface area (Å²) in [5, 5.41) is 0. The van der Waals surface area contributed by atoms with E-state index in [9.17, 15) is 0 Å². The number of benzene rings is 1. The van der Waals surface area contributed by atoms with Gasteiger partial charge in [0.25, 0.3) is 0 Å². The SMILES string of the molecule is CC(C)c1ccc([C@@]2(N)C[C@H]2C)cc1.Cl. The van der Waals surface area contributed by atoms with E-state index in [2.05, 4.69) is 45.0 Å². The highest BCUT2D eigenvalue weighted by Gasteiger charge is 2.48. The summed E-state index contributed by atoms with van der Waals surface area (Å²) in [7, 11) is 0. The van der Waals surface area contributed by atoms with Gasteiger partial charge in [-0.1, -0.05) is 45.0 Å². The number of nitrogens with two attached hydrogens (primary N) is 1. The average Bonchev–Trinajstić information content (AvgIpc) is 2.76. The van der Waals surface area contributed by atoms with Crippen LogP contribution in [-0.4, -0.2) is 0 Å². The van der Waals surface area contributed by atoms with Crippen molar-refractivity contribution in [2.75, 3.05) is 0 Å². The van der Waals surface area contributed by atoms with Crippen LogP contribution in [0.25, 0.3) is 0 Å². The van der Waals surface area contributed by atoms with Crippen LogP contribution in [0.3, 0.4) is 0 Å². The molecule has 0 heterocycles. The Hall–Kier alpha value is -0.530. The Morgan fingerprint density at radius 3 is 2.07 bits per heavy atom. The van der Waals surface area contributed by atoms with Crippen molar-refractivity contribution in [3.05, 3.63) is 35.4 Å². The lowest BCUT2D eigenvalue weighted by Gasteiger charge is -2.12. The van der Waals surface area contributed by atoms with Crippen LogP contribution >= 0.6 is 12.4 Å². The van der Waals surface area contributed by atoms with Crippen molar-refractivity contribution in [2.45, 2.75) is 38.6 Å². The van der Waals surface area contributed by atoms with Gasteiger partial charge in [0.15, 0.2) is 0 Å². The number of hydrogen-bond donors (Lipinski definition) is 1. The maximum Gasteiger partial charge on any atom is 0.0439 e. The summed E-state index contributed by atoms with van der Waals surface area (Å²) in [5.41, 5.74) is 8.91. The van der Waals surface area contributed by atoms with Gasteiger partial charge in [-0.2, -0.15) is 0 Å². The van der Waals surface area contributed by atoms with Gasteiger partial charge in [-0.15, -0.1) is 12.4 Å². The predicted molar refractivity (Wildman–Crippen MR) is 67.4 cm³/mol. The second-order valence-electron chi connectivity index (χ2n) is 4.92. The minimum absolute atomic E-state index is 0. The second kappa shape index (κ2) is 4.15. The fourth-order valence-electron chi connectivity index (χ4n) is 2.03. The lowest BCUT2D eigenvalue weighted by atomic mass is 9.97. The fraction of sp³-hybridized carbons (Fsp3) is 0.538. The van der Waals surface area contributed by atoms with Gasteiger partial charge >= 0.3 is 0 Å². The molecule has 1 fully saturated rings. The Kier molecular flexibility index (Phi) is 3.47. The lowest BCUT2D eigenvalue weighted by molar-refractivity contribution is 0.664. The molecule has 15 heavy (non-hydrogen) atoms. The van der Waals surface area contributed by atoms with Crippen LogP contribution in [0.5, 0.6) is 0 Å². The molecule has 1 aromatic rings. The van der Waals surface area contributed by atoms with Crippen LogP contribution in [0.2, 0.25) is 0 Å². The summed E-state index contributed by atoms with van der Waals surface area (Å²) in [6.07, 6.45) is 1.13. The zero-order valence-corrected chi connectivity index (χ0v) is 10.5. The van der Waals surface area contributed by atoms with Crippen LogP contribution in [0.15, 0.2) is 24.3 Å². The third kappa shape index (κ3) is 2.19. The minimum atomic E-state index is -0.0183. The zero-order chi connectivity index (χ0) is 10.3. The van der Waals surface area contributed by atoms with Crippen LogP contribution in [-0.2, 0) is 5.54 Å². The molecule has 0 aromatic heterocycles. The quantitative estimate of drug-likeness (QED) is 0.820. The molecule has 0 amide bonds. The summed E-state index contributed by atoms with van der Waals surface area (Å²) >= 11 is 0. The monoisotopic (exact) mass is 225 g/mol. The molecule has 84 valence electrons. The van der Waals surface area contributed by atoms with E-state index >= 15 is 0 Å². The van der Waals surface area contributed by atoms with Gasteiger partial charge in [0.1, 0.15) is 0 Å². The van der Waals surface area contributed by atoms with Crippen LogP contribution in [0, 0.1) is 5.92 Å². The molecular weight excluding hydrogens is 206 g/mol. The van der Waals surface area contributed by atoms with Gasteiger partial charge in [-0.05, 0) is 29.4 Å². The van der Waals surface area contributed by atoms with E-state index in [-0.39, 0.29) is 17.9 Å². The molecule has 0 aliphatic heterocycles. The number of hydrogen-bond acceptors (Lipinski definition) is 1. The Morgan fingerprint density at radius 1 is 1.27 bits per heavy atom. The summed E-state index contributed by atoms with van der Waals surface area (Å²) in [6.45, 7) is 6.65. The molecule has 1 saturated carbocycles. The first-order valence-corrected chi connectivity index (χ1v) is 5.43. The lowest BCUT2D eigenvalue weighted by Crippen LogP contribution is -2.21. The predicted octanol–water partition coefficient (Wildman–Crippen LogP) is 3.43. The summed E-state index contributed by atoms with van der Waals surface area (Å²) in [4.78, 5) is 0. The van der Waals surface area contributed by atoms with Crippen molar-refractivity contribution in [1.29, 1.82) is 0 Å². The molecule has 2 heteroatoms. The van der Waals surface area contributed by atoms with E-state index in [4.69, 9.17) is 5.73 Å². The Bertz CT molecular complexity index is 331. The first-order valence-electron chi connectivity index (χ1n) is 5.43. The van der Waals surface area contributed by atoms with Crippen LogP contribution in [0.4, 0.5) is 0 Å². The van der Waals surface area contributed by atoms with E-state index in [1.165, 1.54) is 11.1 Å². The molecule has 0 unspecified atom stereocenters. The van der Waals surface area contributed by atoms with E-state index in [0.29, 0.717) is 11.8 Å². The minimum Gasteiger partial charge on any atom is -0.321 e. The first kappa shape index (κ1) is 12.5. The van der Waals surface area contributed by atoms with Gasteiger partial charge in [0.2, 0.25) is 0 Å². The molecule has 1 aliphatic carbocycles. The van der Waals surface area contributed by atoms with Gasteiger partial charge < -0.3 is 5.73 Å². The molecular formula is C13H20ClN. The summed E-state index contributed by atoms with van der Waals surface area (Å²) in [5.74, 6) is 1.25. The zero-order valence-electron chi connectivity index (χ0n) is 9.66. The summed E-state index contributed by atoms with van der Waals surface area (Å²) < 4.78 is 0. The molecule has 0 bridgehead atoms. The Balaban J connectivity index is 0.00000112. The van der Waals surface area contributed by atoms with Crippen LogP contribution < -0.4 is 5.73 Å². The highest BCUT2D eigenvalue weighted by Crippen LogP contribution is 2.49. The number of rotatable bonds is 2. The molecule has 2 N–H and O–H groups in total. The van der Waals surface area contributed by atoms with Crippen molar-refractivity contribution in [1.82, 2.24) is 0 Å².